The van der Waals surface area contributed by atoms with Crippen molar-refractivity contribution in [1.82, 2.24) is 9.97 Å². The highest BCUT2D eigenvalue weighted by atomic mass is 32.1. The van der Waals surface area contributed by atoms with E-state index in [4.69, 9.17) is 4.74 Å². The minimum Gasteiger partial charge on any atom is -0.462 e. The van der Waals surface area contributed by atoms with Crippen molar-refractivity contribution in [2.45, 2.75) is 32.3 Å². The van der Waals surface area contributed by atoms with Crippen LogP contribution in [0.25, 0.3) is 10.2 Å². The average molecular weight is 264 g/mol. The number of nitrogens with zero attached hydrogens (tertiary/aromatic N) is 1. The van der Waals surface area contributed by atoms with Crippen LogP contribution in [0, 0.1) is 0 Å². The summed E-state index contributed by atoms with van der Waals surface area (Å²) in [5, 5.41) is 0.707. The number of rotatable bonds is 1. The first kappa shape index (κ1) is 11.4. The summed E-state index contributed by atoms with van der Waals surface area (Å²) >= 11 is 1.52. The smallest absolute Gasteiger partial charge is 0.302 e. The standard InChI is InChI=1S/C12H12N2O3S/c1-6(15)17-7-2-3-8-9(4-7)18-12-10(8)11(16)13-5-14-12/h5,7H,2-4H2,1H3,(H,13,14,16). The number of hydrogen-bond donors (Lipinski definition) is 1. The van der Waals surface area contributed by atoms with Crippen LogP contribution in [0.3, 0.4) is 0 Å². The van der Waals surface area contributed by atoms with Crippen LogP contribution in [0.5, 0.6) is 0 Å². The number of nitrogens with one attached hydrogen (secondary N) is 1. The molecule has 1 N–H and O–H groups in total. The molecule has 0 aromatic carbocycles. The molecule has 0 saturated carbocycles. The summed E-state index contributed by atoms with van der Waals surface area (Å²) in [5.74, 6) is -0.250. The first-order valence-electron chi connectivity index (χ1n) is 5.80. The van der Waals surface area contributed by atoms with Crippen molar-refractivity contribution in [3.05, 3.63) is 27.1 Å². The molecular weight excluding hydrogens is 252 g/mol. The summed E-state index contributed by atoms with van der Waals surface area (Å²) in [7, 11) is 0. The van der Waals surface area contributed by atoms with Crippen molar-refractivity contribution in [2.75, 3.05) is 0 Å². The van der Waals surface area contributed by atoms with E-state index in [1.807, 2.05) is 0 Å². The maximum atomic E-state index is 11.8. The Morgan fingerprint density at radius 3 is 3.22 bits per heavy atom. The van der Waals surface area contributed by atoms with E-state index in [-0.39, 0.29) is 17.6 Å². The third-order valence-corrected chi connectivity index (χ3v) is 4.30. The maximum absolute atomic E-state index is 11.8. The van der Waals surface area contributed by atoms with E-state index >= 15 is 0 Å². The monoisotopic (exact) mass is 264 g/mol. The number of H-pyrrole nitrogens is 1. The summed E-state index contributed by atoms with van der Waals surface area (Å²) in [6, 6.07) is 0. The highest BCUT2D eigenvalue weighted by Gasteiger charge is 2.26. The van der Waals surface area contributed by atoms with E-state index in [0.29, 0.717) is 11.8 Å². The minimum absolute atomic E-state index is 0.0675. The van der Waals surface area contributed by atoms with Gasteiger partial charge in [0, 0.05) is 18.2 Å². The topological polar surface area (TPSA) is 72.0 Å². The zero-order chi connectivity index (χ0) is 12.7. The minimum atomic E-state index is -0.250. The van der Waals surface area contributed by atoms with Gasteiger partial charge >= 0.3 is 5.97 Å². The first-order valence-corrected chi connectivity index (χ1v) is 6.62. The van der Waals surface area contributed by atoms with Crippen LogP contribution >= 0.6 is 11.3 Å². The average Bonchev–Trinajstić information content (AvgIpc) is 2.66. The Labute approximate surface area is 107 Å². The van der Waals surface area contributed by atoms with Gasteiger partial charge in [-0.25, -0.2) is 4.98 Å². The third kappa shape index (κ3) is 1.82. The summed E-state index contributed by atoms with van der Waals surface area (Å²) in [4.78, 5) is 31.4. The van der Waals surface area contributed by atoms with Gasteiger partial charge < -0.3 is 9.72 Å². The predicted molar refractivity (Wildman–Crippen MR) is 67.8 cm³/mol. The second kappa shape index (κ2) is 4.20. The Hall–Kier alpha value is -1.69. The van der Waals surface area contributed by atoms with Crippen LogP contribution in [0.1, 0.15) is 23.8 Å². The molecule has 94 valence electrons. The van der Waals surface area contributed by atoms with Gasteiger partial charge in [-0.2, -0.15) is 0 Å². The Balaban J connectivity index is 2.03. The van der Waals surface area contributed by atoms with Gasteiger partial charge in [0.15, 0.2) is 0 Å². The summed E-state index contributed by atoms with van der Waals surface area (Å²) in [6.45, 7) is 1.42. The fourth-order valence-corrected chi connectivity index (χ4v) is 3.68. The van der Waals surface area contributed by atoms with E-state index in [2.05, 4.69) is 9.97 Å². The molecule has 2 aromatic rings. The molecule has 6 heteroatoms. The Morgan fingerprint density at radius 2 is 2.44 bits per heavy atom. The van der Waals surface area contributed by atoms with E-state index < -0.39 is 0 Å². The molecule has 0 amide bonds. The zero-order valence-corrected chi connectivity index (χ0v) is 10.7. The molecular formula is C12H12N2O3S. The predicted octanol–water partition coefficient (Wildman–Crippen LogP) is 1.41. The van der Waals surface area contributed by atoms with Crippen molar-refractivity contribution >= 4 is 27.5 Å². The van der Waals surface area contributed by atoms with Gasteiger partial charge in [-0.1, -0.05) is 0 Å². The molecule has 0 radical (unpaired) electrons. The number of fused-ring (bicyclic) bond motifs is 3. The van der Waals surface area contributed by atoms with Crippen LogP contribution in [-0.4, -0.2) is 22.0 Å². The van der Waals surface area contributed by atoms with E-state index in [1.54, 1.807) is 0 Å². The van der Waals surface area contributed by atoms with Crippen LogP contribution in [0.2, 0.25) is 0 Å². The van der Waals surface area contributed by atoms with Crippen LogP contribution < -0.4 is 5.56 Å². The van der Waals surface area contributed by atoms with E-state index in [9.17, 15) is 9.59 Å². The second-order valence-corrected chi connectivity index (χ2v) is 5.47. The maximum Gasteiger partial charge on any atom is 0.302 e. The molecule has 5 nitrogen and oxygen atoms in total. The number of aromatic nitrogens is 2. The normalized spacial score (nSPS) is 18.6. The lowest BCUT2D eigenvalue weighted by Gasteiger charge is -2.21. The summed E-state index contributed by atoms with van der Waals surface area (Å²) in [6.07, 6.45) is 3.59. The molecule has 1 unspecified atom stereocenters. The van der Waals surface area contributed by atoms with Gasteiger partial charge in [0.05, 0.1) is 11.7 Å². The molecule has 0 aliphatic heterocycles. The molecule has 3 rings (SSSR count). The van der Waals surface area contributed by atoms with Gasteiger partial charge in [-0.3, -0.25) is 9.59 Å². The molecule has 1 atom stereocenters. The largest absolute Gasteiger partial charge is 0.462 e. The highest BCUT2D eigenvalue weighted by Crippen LogP contribution is 2.34. The van der Waals surface area contributed by atoms with Gasteiger partial charge in [-0.05, 0) is 18.4 Å². The number of carbonyl (C=O) groups excluding carboxylic acids is 1. The molecule has 1 aliphatic rings. The molecule has 2 heterocycles. The quantitative estimate of drug-likeness (QED) is 0.790. The molecule has 0 fully saturated rings. The van der Waals surface area contributed by atoms with Crippen molar-refractivity contribution in [1.29, 1.82) is 0 Å². The van der Waals surface area contributed by atoms with Crippen molar-refractivity contribution < 1.29 is 9.53 Å². The van der Waals surface area contributed by atoms with Gasteiger partial charge in [0.25, 0.3) is 5.56 Å². The number of esters is 1. The highest BCUT2D eigenvalue weighted by molar-refractivity contribution is 7.18. The van der Waals surface area contributed by atoms with Crippen molar-refractivity contribution in [3.8, 4) is 0 Å². The zero-order valence-electron chi connectivity index (χ0n) is 9.86. The first-order chi connectivity index (χ1) is 8.65. The number of ether oxygens (including phenoxy) is 1. The molecule has 0 saturated heterocycles. The lowest BCUT2D eigenvalue weighted by Crippen LogP contribution is -2.24. The van der Waals surface area contributed by atoms with Gasteiger partial charge in [0.1, 0.15) is 10.9 Å². The Kier molecular flexibility index (Phi) is 2.66. The van der Waals surface area contributed by atoms with E-state index in [0.717, 1.165) is 28.1 Å². The van der Waals surface area contributed by atoms with E-state index in [1.165, 1.54) is 24.6 Å². The number of thiophene rings is 1. The number of hydrogen-bond acceptors (Lipinski definition) is 5. The lowest BCUT2D eigenvalue weighted by atomic mass is 9.95. The van der Waals surface area contributed by atoms with Gasteiger partial charge in [-0.15, -0.1) is 11.3 Å². The van der Waals surface area contributed by atoms with Crippen LogP contribution in [0.15, 0.2) is 11.1 Å². The molecule has 18 heavy (non-hydrogen) atoms. The van der Waals surface area contributed by atoms with Crippen LogP contribution in [-0.2, 0) is 22.4 Å². The second-order valence-electron chi connectivity index (χ2n) is 4.39. The molecule has 0 bridgehead atoms. The molecule has 0 spiro atoms. The fraction of sp³-hybridized carbons (Fsp3) is 0.417. The van der Waals surface area contributed by atoms with Gasteiger partial charge in [0.2, 0.25) is 0 Å². The molecule has 1 aliphatic carbocycles. The SMILES string of the molecule is CC(=O)OC1CCc2c(sc3nc[nH]c(=O)c23)C1. The van der Waals surface area contributed by atoms with Crippen LogP contribution in [0.4, 0.5) is 0 Å². The molecule has 2 aromatic heterocycles. The van der Waals surface area contributed by atoms with Crippen molar-refractivity contribution in [3.63, 3.8) is 0 Å². The fourth-order valence-electron chi connectivity index (χ4n) is 2.42. The number of aromatic amines is 1. The Morgan fingerprint density at radius 1 is 1.61 bits per heavy atom. The number of aryl methyl sites for hydroxylation is 1. The Bertz CT molecular complexity index is 674. The number of carbonyl (C=O) groups is 1. The third-order valence-electron chi connectivity index (χ3n) is 3.14. The summed E-state index contributed by atoms with van der Waals surface area (Å²) in [5.41, 5.74) is 0.996. The lowest BCUT2D eigenvalue weighted by molar-refractivity contribution is -0.146. The summed E-state index contributed by atoms with van der Waals surface area (Å²) < 4.78 is 5.24. The van der Waals surface area contributed by atoms with Crippen molar-refractivity contribution in [2.24, 2.45) is 0 Å².